The molecule has 0 aliphatic heterocycles. The monoisotopic (exact) mass is 228 g/mol. The number of carbonyl (C=O) groups is 1. The van der Waals surface area contributed by atoms with E-state index >= 15 is 0 Å². The van der Waals surface area contributed by atoms with E-state index in [0.29, 0.717) is 10.8 Å². The highest BCUT2D eigenvalue weighted by Gasteiger charge is 2.16. The van der Waals surface area contributed by atoms with Crippen molar-refractivity contribution in [2.24, 2.45) is 0 Å². The first-order chi connectivity index (χ1) is 7.04. The third kappa shape index (κ3) is 3.13. The van der Waals surface area contributed by atoms with E-state index in [4.69, 9.17) is 16.3 Å². The Balaban J connectivity index is 2.80. The average molecular weight is 229 g/mol. The van der Waals surface area contributed by atoms with Gasteiger partial charge >= 0.3 is 5.97 Å². The summed E-state index contributed by atoms with van der Waals surface area (Å²) in [5.41, 5.74) is 1.02. The predicted molar refractivity (Wildman–Crippen MR) is 58.3 cm³/mol. The van der Waals surface area contributed by atoms with Crippen LogP contribution in [0.3, 0.4) is 0 Å². The normalized spacial score (nSPS) is 12.0. The van der Waals surface area contributed by atoms with E-state index in [2.05, 4.69) is 4.74 Å². The van der Waals surface area contributed by atoms with E-state index in [-0.39, 0.29) is 0 Å². The zero-order chi connectivity index (χ0) is 11.4. The summed E-state index contributed by atoms with van der Waals surface area (Å²) >= 11 is 5.91. The van der Waals surface area contributed by atoms with Gasteiger partial charge in [0.2, 0.25) is 0 Å². The summed E-state index contributed by atoms with van der Waals surface area (Å²) < 4.78 is 9.92. The summed E-state index contributed by atoms with van der Waals surface area (Å²) in [5.74, 6) is 0.0714. The van der Waals surface area contributed by atoms with E-state index in [9.17, 15) is 4.79 Å². The minimum Gasteiger partial charge on any atom is -0.477 e. The summed E-state index contributed by atoms with van der Waals surface area (Å²) in [4.78, 5) is 11.1. The topological polar surface area (TPSA) is 35.5 Å². The maximum atomic E-state index is 11.1. The zero-order valence-electron chi connectivity index (χ0n) is 8.91. The first-order valence-corrected chi connectivity index (χ1v) is 4.93. The van der Waals surface area contributed by atoms with Crippen LogP contribution in [0.15, 0.2) is 18.2 Å². The van der Waals surface area contributed by atoms with Gasteiger partial charge in [0.25, 0.3) is 0 Å². The smallest absolute Gasteiger partial charge is 0.346 e. The molecule has 0 fully saturated rings. The van der Waals surface area contributed by atoms with Gasteiger partial charge in [-0.15, -0.1) is 0 Å². The van der Waals surface area contributed by atoms with Crippen molar-refractivity contribution in [2.45, 2.75) is 20.0 Å². The lowest BCUT2D eigenvalue weighted by molar-refractivity contribution is -0.147. The molecule has 1 atom stereocenters. The number of rotatable bonds is 3. The van der Waals surface area contributed by atoms with E-state index in [1.807, 2.05) is 13.0 Å². The Labute approximate surface area is 93.9 Å². The van der Waals surface area contributed by atoms with E-state index in [0.717, 1.165) is 5.56 Å². The summed E-state index contributed by atoms with van der Waals surface area (Å²) in [6.45, 7) is 3.54. The van der Waals surface area contributed by atoms with Crippen LogP contribution in [0.2, 0.25) is 5.02 Å². The number of hydrogen-bond acceptors (Lipinski definition) is 3. The van der Waals surface area contributed by atoms with Crippen molar-refractivity contribution >= 4 is 17.6 Å². The van der Waals surface area contributed by atoms with Crippen molar-refractivity contribution < 1.29 is 14.3 Å². The SMILES string of the molecule is COC(=O)C(C)Oc1cc(C)ccc1Cl. The van der Waals surface area contributed by atoms with Crippen LogP contribution in [0.4, 0.5) is 0 Å². The Morgan fingerprint density at radius 2 is 2.13 bits per heavy atom. The molecule has 0 radical (unpaired) electrons. The molecule has 0 N–H and O–H groups in total. The van der Waals surface area contributed by atoms with Gasteiger partial charge in [-0.1, -0.05) is 17.7 Å². The first kappa shape index (κ1) is 11.9. The molecule has 0 saturated carbocycles. The molecule has 0 saturated heterocycles. The Morgan fingerprint density at radius 3 is 2.73 bits per heavy atom. The van der Waals surface area contributed by atoms with Gasteiger partial charge in [0.05, 0.1) is 12.1 Å². The van der Waals surface area contributed by atoms with Crippen LogP contribution in [-0.4, -0.2) is 19.2 Å². The molecule has 1 rings (SSSR count). The van der Waals surface area contributed by atoms with Gasteiger partial charge < -0.3 is 9.47 Å². The number of methoxy groups -OCH3 is 1. The van der Waals surface area contributed by atoms with E-state index in [1.165, 1.54) is 7.11 Å². The minimum atomic E-state index is -0.658. The van der Waals surface area contributed by atoms with Gasteiger partial charge in [0.15, 0.2) is 6.10 Å². The van der Waals surface area contributed by atoms with Crippen molar-refractivity contribution in [1.82, 2.24) is 0 Å². The Kier molecular flexibility index (Phi) is 3.97. The number of esters is 1. The summed E-state index contributed by atoms with van der Waals surface area (Å²) in [7, 11) is 1.32. The van der Waals surface area contributed by atoms with Crippen molar-refractivity contribution in [1.29, 1.82) is 0 Å². The average Bonchev–Trinajstić information content (AvgIpc) is 2.22. The molecule has 1 unspecified atom stereocenters. The lowest BCUT2D eigenvalue weighted by Gasteiger charge is -2.13. The molecule has 0 aromatic heterocycles. The van der Waals surface area contributed by atoms with Gasteiger partial charge in [-0.25, -0.2) is 4.79 Å². The molecular formula is C11H13ClO3. The van der Waals surface area contributed by atoms with Crippen molar-refractivity contribution in [3.05, 3.63) is 28.8 Å². The minimum absolute atomic E-state index is 0.424. The molecule has 0 spiro atoms. The highest BCUT2D eigenvalue weighted by molar-refractivity contribution is 6.32. The van der Waals surface area contributed by atoms with Crippen LogP contribution in [0.5, 0.6) is 5.75 Å². The first-order valence-electron chi connectivity index (χ1n) is 4.55. The fourth-order valence-electron chi connectivity index (χ4n) is 1.11. The second-order valence-electron chi connectivity index (χ2n) is 3.22. The fraction of sp³-hybridized carbons (Fsp3) is 0.364. The third-order valence-electron chi connectivity index (χ3n) is 1.92. The summed E-state index contributed by atoms with van der Waals surface area (Å²) in [6, 6.07) is 5.38. The maximum Gasteiger partial charge on any atom is 0.346 e. The van der Waals surface area contributed by atoms with Gasteiger partial charge in [-0.05, 0) is 31.5 Å². The lowest BCUT2D eigenvalue weighted by atomic mass is 10.2. The molecule has 1 aromatic rings. The molecule has 4 heteroatoms. The zero-order valence-corrected chi connectivity index (χ0v) is 9.67. The van der Waals surface area contributed by atoms with Crippen LogP contribution in [0.1, 0.15) is 12.5 Å². The standard InChI is InChI=1S/C11H13ClO3/c1-7-4-5-9(12)10(6-7)15-8(2)11(13)14-3/h4-6,8H,1-3H3. The van der Waals surface area contributed by atoms with Crippen molar-refractivity contribution in [3.8, 4) is 5.75 Å². The number of ether oxygens (including phenoxy) is 2. The van der Waals surface area contributed by atoms with E-state index < -0.39 is 12.1 Å². The number of halogens is 1. The van der Waals surface area contributed by atoms with Gasteiger partial charge in [0.1, 0.15) is 5.75 Å². The Hall–Kier alpha value is -1.22. The fourth-order valence-corrected chi connectivity index (χ4v) is 1.27. The Bertz CT molecular complexity index is 363. The molecule has 82 valence electrons. The molecule has 15 heavy (non-hydrogen) atoms. The molecule has 3 nitrogen and oxygen atoms in total. The van der Waals surface area contributed by atoms with Crippen LogP contribution in [0, 0.1) is 6.92 Å². The van der Waals surface area contributed by atoms with Crippen molar-refractivity contribution in [3.63, 3.8) is 0 Å². The highest BCUT2D eigenvalue weighted by Crippen LogP contribution is 2.26. The van der Waals surface area contributed by atoms with Crippen molar-refractivity contribution in [2.75, 3.05) is 7.11 Å². The molecule has 1 aromatic carbocycles. The van der Waals surface area contributed by atoms with Crippen LogP contribution < -0.4 is 4.74 Å². The Morgan fingerprint density at radius 1 is 1.47 bits per heavy atom. The maximum absolute atomic E-state index is 11.1. The van der Waals surface area contributed by atoms with Crippen LogP contribution in [0.25, 0.3) is 0 Å². The predicted octanol–water partition coefficient (Wildman–Crippen LogP) is 2.59. The largest absolute Gasteiger partial charge is 0.477 e. The molecule has 0 aliphatic rings. The number of carbonyl (C=O) groups excluding carboxylic acids is 1. The van der Waals surface area contributed by atoms with Gasteiger partial charge in [-0.2, -0.15) is 0 Å². The quantitative estimate of drug-likeness (QED) is 0.746. The second kappa shape index (κ2) is 5.03. The summed E-state index contributed by atoms with van der Waals surface area (Å²) in [5, 5.41) is 0.483. The van der Waals surface area contributed by atoms with E-state index in [1.54, 1.807) is 19.1 Å². The molecular weight excluding hydrogens is 216 g/mol. The lowest BCUT2D eigenvalue weighted by Crippen LogP contribution is -2.25. The number of benzene rings is 1. The summed E-state index contributed by atoms with van der Waals surface area (Å²) in [6.07, 6.45) is -0.658. The molecule has 0 aliphatic carbocycles. The molecule has 0 heterocycles. The molecule has 0 bridgehead atoms. The highest BCUT2D eigenvalue weighted by atomic mass is 35.5. The number of aryl methyl sites for hydroxylation is 1. The van der Waals surface area contributed by atoms with Crippen LogP contribution in [-0.2, 0) is 9.53 Å². The number of hydrogen-bond donors (Lipinski definition) is 0. The van der Waals surface area contributed by atoms with Gasteiger partial charge in [-0.3, -0.25) is 0 Å². The van der Waals surface area contributed by atoms with Gasteiger partial charge in [0, 0.05) is 0 Å². The van der Waals surface area contributed by atoms with Crippen LogP contribution >= 0.6 is 11.6 Å². The second-order valence-corrected chi connectivity index (χ2v) is 3.62. The third-order valence-corrected chi connectivity index (χ3v) is 2.24. The molecule has 0 amide bonds.